The molecule has 1 heterocycles. The number of hydrogen-bond acceptors (Lipinski definition) is 6. The third-order valence-electron chi connectivity index (χ3n) is 3.74. The third-order valence-corrected chi connectivity index (χ3v) is 4.02. The van der Waals surface area contributed by atoms with E-state index in [1.165, 1.54) is 30.6 Å². The van der Waals surface area contributed by atoms with Gasteiger partial charge >= 0.3 is 5.97 Å². The Balaban J connectivity index is 1.89. The number of esters is 1. The zero-order chi connectivity index (χ0) is 20.3. The fourth-order valence-corrected chi connectivity index (χ4v) is 2.77. The maximum atomic E-state index is 13.4. The van der Waals surface area contributed by atoms with Gasteiger partial charge in [-0.05, 0) is 31.2 Å². The van der Waals surface area contributed by atoms with Crippen LogP contribution in [0, 0.1) is 17.1 Å². The van der Waals surface area contributed by atoms with E-state index in [2.05, 4.69) is 4.98 Å². The SMILES string of the molecule is CCOc1cc(C#N)cc(Cl)c1OC(=O)Cn1cnc2ccc(F)cc2c1=O. The van der Waals surface area contributed by atoms with Crippen molar-refractivity contribution >= 4 is 28.5 Å². The van der Waals surface area contributed by atoms with E-state index in [0.29, 0.717) is 5.52 Å². The van der Waals surface area contributed by atoms with Crippen molar-refractivity contribution < 1.29 is 18.7 Å². The van der Waals surface area contributed by atoms with Crippen molar-refractivity contribution in [1.82, 2.24) is 9.55 Å². The molecule has 1 aromatic heterocycles. The highest BCUT2D eigenvalue weighted by atomic mass is 35.5. The van der Waals surface area contributed by atoms with Crippen LogP contribution >= 0.6 is 11.6 Å². The zero-order valence-electron chi connectivity index (χ0n) is 14.6. The summed E-state index contributed by atoms with van der Waals surface area (Å²) in [5, 5.41) is 9.07. The summed E-state index contributed by atoms with van der Waals surface area (Å²) < 4.78 is 25.0. The topological polar surface area (TPSA) is 94.2 Å². The minimum Gasteiger partial charge on any atom is -0.490 e. The number of carbonyl (C=O) groups excluding carboxylic acids is 1. The minimum atomic E-state index is -0.813. The van der Waals surface area contributed by atoms with Crippen molar-refractivity contribution in [2.24, 2.45) is 0 Å². The lowest BCUT2D eigenvalue weighted by atomic mass is 10.2. The molecule has 7 nitrogen and oxygen atoms in total. The Morgan fingerprint density at radius 3 is 2.86 bits per heavy atom. The number of carbonyl (C=O) groups is 1. The quantitative estimate of drug-likeness (QED) is 0.481. The third kappa shape index (κ3) is 3.94. The molecule has 0 radical (unpaired) electrons. The molecule has 0 aliphatic rings. The van der Waals surface area contributed by atoms with Crippen molar-refractivity contribution in [2.75, 3.05) is 6.61 Å². The Hall–Kier alpha value is -3.44. The van der Waals surface area contributed by atoms with Crippen LogP contribution in [0.15, 0.2) is 41.5 Å². The van der Waals surface area contributed by atoms with Gasteiger partial charge in [0.2, 0.25) is 0 Å². The number of halogens is 2. The molecule has 28 heavy (non-hydrogen) atoms. The number of hydrogen-bond donors (Lipinski definition) is 0. The normalized spacial score (nSPS) is 10.5. The van der Waals surface area contributed by atoms with Gasteiger partial charge in [-0.15, -0.1) is 0 Å². The summed E-state index contributed by atoms with van der Waals surface area (Å²) in [4.78, 5) is 28.8. The summed E-state index contributed by atoms with van der Waals surface area (Å²) >= 11 is 6.09. The Morgan fingerprint density at radius 1 is 1.36 bits per heavy atom. The van der Waals surface area contributed by atoms with Crippen molar-refractivity contribution in [3.8, 4) is 17.6 Å². The first-order valence-electron chi connectivity index (χ1n) is 8.14. The Kier molecular flexibility index (Phi) is 5.57. The maximum absolute atomic E-state index is 13.4. The van der Waals surface area contributed by atoms with Crippen LogP contribution in [0.1, 0.15) is 12.5 Å². The van der Waals surface area contributed by atoms with E-state index in [-0.39, 0.29) is 34.1 Å². The van der Waals surface area contributed by atoms with E-state index in [4.69, 9.17) is 26.3 Å². The fraction of sp³-hybridized carbons (Fsp3) is 0.158. The molecular formula is C19H13ClFN3O4. The molecule has 3 aromatic rings. The summed E-state index contributed by atoms with van der Waals surface area (Å²) in [6, 6.07) is 8.27. The molecule has 0 fully saturated rings. The fourth-order valence-electron chi connectivity index (χ4n) is 2.52. The summed E-state index contributed by atoms with van der Waals surface area (Å²) in [7, 11) is 0. The lowest BCUT2D eigenvalue weighted by Crippen LogP contribution is -2.27. The largest absolute Gasteiger partial charge is 0.490 e. The molecule has 0 unspecified atom stereocenters. The molecule has 0 aliphatic carbocycles. The molecular weight excluding hydrogens is 389 g/mol. The molecule has 0 bridgehead atoms. The van der Waals surface area contributed by atoms with Gasteiger partial charge in [-0.1, -0.05) is 11.6 Å². The highest BCUT2D eigenvalue weighted by Crippen LogP contribution is 2.36. The molecule has 0 aliphatic heterocycles. The second-order valence-corrected chi connectivity index (χ2v) is 6.05. The van der Waals surface area contributed by atoms with Gasteiger partial charge in [0.15, 0.2) is 11.5 Å². The van der Waals surface area contributed by atoms with E-state index in [1.54, 1.807) is 6.92 Å². The summed E-state index contributed by atoms with van der Waals surface area (Å²) in [5.41, 5.74) is -0.0348. The van der Waals surface area contributed by atoms with Crippen LogP contribution in [0.25, 0.3) is 10.9 Å². The van der Waals surface area contributed by atoms with Gasteiger partial charge in [-0.3, -0.25) is 9.36 Å². The second-order valence-electron chi connectivity index (χ2n) is 5.64. The standard InChI is InChI=1S/C19H13ClFN3O4/c1-2-27-16-6-11(8-22)5-14(20)18(16)28-17(25)9-24-10-23-15-4-3-12(21)7-13(15)19(24)26/h3-7,10H,2,9H2,1H3. The first kappa shape index (κ1) is 19.3. The van der Waals surface area contributed by atoms with Gasteiger partial charge in [-0.25, -0.2) is 14.2 Å². The molecule has 142 valence electrons. The lowest BCUT2D eigenvalue weighted by Gasteiger charge is -2.13. The van der Waals surface area contributed by atoms with Gasteiger partial charge in [0.25, 0.3) is 5.56 Å². The first-order valence-corrected chi connectivity index (χ1v) is 8.52. The van der Waals surface area contributed by atoms with E-state index in [9.17, 15) is 14.0 Å². The van der Waals surface area contributed by atoms with Crippen LogP contribution < -0.4 is 15.0 Å². The molecule has 0 amide bonds. The predicted octanol–water partition coefficient (Wildman–Crippen LogP) is 3.06. The predicted molar refractivity (Wildman–Crippen MR) is 98.9 cm³/mol. The molecule has 0 saturated carbocycles. The average molecular weight is 402 g/mol. The van der Waals surface area contributed by atoms with Crippen molar-refractivity contribution in [1.29, 1.82) is 5.26 Å². The van der Waals surface area contributed by atoms with Crippen LogP contribution in [0.5, 0.6) is 11.5 Å². The van der Waals surface area contributed by atoms with Crippen molar-refractivity contribution in [3.05, 3.63) is 63.4 Å². The summed E-state index contributed by atoms with van der Waals surface area (Å²) in [5.74, 6) is -1.32. The van der Waals surface area contributed by atoms with Crippen LogP contribution in [0.4, 0.5) is 4.39 Å². The van der Waals surface area contributed by atoms with Gasteiger partial charge in [0.1, 0.15) is 12.4 Å². The van der Waals surface area contributed by atoms with Gasteiger partial charge in [0.05, 0.1) is 40.5 Å². The smallest absolute Gasteiger partial charge is 0.331 e. The van der Waals surface area contributed by atoms with E-state index < -0.39 is 23.9 Å². The number of fused-ring (bicyclic) bond motifs is 1. The highest BCUT2D eigenvalue weighted by molar-refractivity contribution is 6.32. The monoisotopic (exact) mass is 401 g/mol. The molecule has 0 spiro atoms. The van der Waals surface area contributed by atoms with Crippen LogP contribution in [-0.2, 0) is 11.3 Å². The van der Waals surface area contributed by atoms with Gasteiger partial charge < -0.3 is 9.47 Å². The molecule has 0 atom stereocenters. The number of nitrogens with zero attached hydrogens (tertiary/aromatic N) is 3. The van der Waals surface area contributed by atoms with Crippen LogP contribution in [0.3, 0.4) is 0 Å². The summed E-state index contributed by atoms with van der Waals surface area (Å²) in [6.07, 6.45) is 1.17. The van der Waals surface area contributed by atoms with Crippen molar-refractivity contribution in [3.63, 3.8) is 0 Å². The van der Waals surface area contributed by atoms with E-state index in [0.717, 1.165) is 10.6 Å². The number of nitriles is 1. The number of ether oxygens (including phenoxy) is 2. The van der Waals surface area contributed by atoms with E-state index >= 15 is 0 Å². The number of rotatable bonds is 5. The highest BCUT2D eigenvalue weighted by Gasteiger charge is 2.18. The van der Waals surface area contributed by atoms with Crippen LogP contribution in [0.2, 0.25) is 5.02 Å². The number of benzene rings is 2. The molecule has 9 heteroatoms. The van der Waals surface area contributed by atoms with Gasteiger partial charge in [0, 0.05) is 6.07 Å². The minimum absolute atomic E-state index is 0.0157. The lowest BCUT2D eigenvalue weighted by molar-refractivity contribution is -0.135. The Morgan fingerprint density at radius 2 is 2.14 bits per heavy atom. The number of aromatic nitrogens is 2. The maximum Gasteiger partial charge on any atom is 0.331 e. The average Bonchev–Trinajstić information content (AvgIpc) is 2.67. The Bertz CT molecular complexity index is 1170. The zero-order valence-corrected chi connectivity index (χ0v) is 15.4. The molecule has 3 rings (SSSR count). The van der Waals surface area contributed by atoms with Crippen molar-refractivity contribution in [2.45, 2.75) is 13.5 Å². The molecule has 2 aromatic carbocycles. The summed E-state index contributed by atoms with van der Waals surface area (Å²) in [6.45, 7) is 1.51. The molecule has 0 N–H and O–H groups in total. The first-order chi connectivity index (χ1) is 13.4. The van der Waals surface area contributed by atoms with Gasteiger partial charge in [-0.2, -0.15) is 5.26 Å². The van der Waals surface area contributed by atoms with Crippen LogP contribution in [-0.4, -0.2) is 22.1 Å². The molecule has 0 saturated heterocycles. The Labute approximate surface area is 163 Å². The van der Waals surface area contributed by atoms with E-state index in [1.807, 2.05) is 6.07 Å². The second kappa shape index (κ2) is 8.06.